The average Bonchev–Trinajstić information content (AvgIpc) is 2.49. The first-order chi connectivity index (χ1) is 10.8. The molecule has 2 atom stereocenters. The van der Waals surface area contributed by atoms with Gasteiger partial charge >= 0.3 is 0 Å². The third kappa shape index (κ3) is 3.52. The van der Waals surface area contributed by atoms with Gasteiger partial charge in [0.15, 0.2) is 0 Å². The number of nitrogens with two attached hydrogens (primary N) is 1. The number of carbonyl (C=O) groups is 1. The number of amides is 1. The van der Waals surface area contributed by atoms with Crippen molar-refractivity contribution in [3.05, 3.63) is 29.3 Å². The smallest absolute Gasteiger partial charge is 0.256 e. The molecule has 1 aromatic rings. The SMILES string of the molecule is CCCCC(C(=O)NN)N1c2ccc(C)cc2C(C)CC1(C)C. The summed E-state index contributed by atoms with van der Waals surface area (Å²) in [5.74, 6) is 5.88. The lowest BCUT2D eigenvalue weighted by Gasteiger charge is -2.50. The lowest BCUT2D eigenvalue weighted by Crippen LogP contribution is -2.59. The van der Waals surface area contributed by atoms with Gasteiger partial charge in [0.25, 0.3) is 5.91 Å². The van der Waals surface area contributed by atoms with Gasteiger partial charge in [0.05, 0.1) is 0 Å². The van der Waals surface area contributed by atoms with Gasteiger partial charge in [-0.15, -0.1) is 0 Å². The van der Waals surface area contributed by atoms with Crippen LogP contribution in [0.5, 0.6) is 0 Å². The monoisotopic (exact) mass is 317 g/mol. The normalized spacial score (nSPS) is 20.8. The molecule has 23 heavy (non-hydrogen) atoms. The van der Waals surface area contributed by atoms with E-state index in [9.17, 15) is 4.79 Å². The first kappa shape index (κ1) is 17.8. The van der Waals surface area contributed by atoms with Crippen molar-refractivity contribution in [1.29, 1.82) is 0 Å². The molecule has 4 nitrogen and oxygen atoms in total. The number of nitrogens with one attached hydrogen (secondary N) is 1. The van der Waals surface area contributed by atoms with Crippen molar-refractivity contribution >= 4 is 11.6 Å². The van der Waals surface area contributed by atoms with Crippen LogP contribution in [0, 0.1) is 6.92 Å². The number of hydrazine groups is 1. The summed E-state index contributed by atoms with van der Waals surface area (Å²) in [5.41, 5.74) is 6.10. The standard InChI is InChI=1S/C19H31N3O/c1-6-7-8-17(18(23)21-20)22-16-10-9-13(2)11-15(16)14(3)12-19(22,4)5/h9-11,14,17H,6-8,12,20H2,1-5H3,(H,21,23). The van der Waals surface area contributed by atoms with Crippen LogP contribution in [0.25, 0.3) is 0 Å². The number of hydrogen-bond acceptors (Lipinski definition) is 3. The van der Waals surface area contributed by atoms with E-state index in [-0.39, 0.29) is 17.5 Å². The predicted molar refractivity (Wildman–Crippen MR) is 96.4 cm³/mol. The Hall–Kier alpha value is -1.55. The van der Waals surface area contributed by atoms with Gasteiger partial charge in [0, 0.05) is 11.2 Å². The van der Waals surface area contributed by atoms with Gasteiger partial charge in [-0.2, -0.15) is 0 Å². The minimum absolute atomic E-state index is 0.0768. The van der Waals surface area contributed by atoms with Crippen molar-refractivity contribution in [1.82, 2.24) is 5.43 Å². The highest BCUT2D eigenvalue weighted by molar-refractivity contribution is 5.86. The lowest BCUT2D eigenvalue weighted by atomic mass is 9.78. The molecular weight excluding hydrogens is 286 g/mol. The molecule has 2 rings (SSSR count). The molecule has 0 saturated heterocycles. The van der Waals surface area contributed by atoms with E-state index in [1.165, 1.54) is 16.8 Å². The van der Waals surface area contributed by atoms with Gasteiger partial charge in [-0.3, -0.25) is 10.2 Å². The van der Waals surface area contributed by atoms with E-state index < -0.39 is 0 Å². The van der Waals surface area contributed by atoms with Gasteiger partial charge in [-0.25, -0.2) is 5.84 Å². The maximum atomic E-state index is 12.5. The van der Waals surface area contributed by atoms with Gasteiger partial charge in [-0.05, 0) is 51.2 Å². The molecule has 128 valence electrons. The van der Waals surface area contributed by atoms with Crippen LogP contribution < -0.4 is 16.2 Å². The van der Waals surface area contributed by atoms with Gasteiger partial charge < -0.3 is 4.90 Å². The molecule has 0 bridgehead atoms. The summed E-state index contributed by atoms with van der Waals surface area (Å²) in [7, 11) is 0. The van der Waals surface area contributed by atoms with Crippen molar-refractivity contribution in [2.45, 2.75) is 77.8 Å². The van der Waals surface area contributed by atoms with Crippen LogP contribution in [0.4, 0.5) is 5.69 Å². The molecule has 0 radical (unpaired) electrons. The van der Waals surface area contributed by atoms with Gasteiger partial charge in [0.2, 0.25) is 0 Å². The first-order valence-electron chi connectivity index (χ1n) is 8.72. The summed E-state index contributed by atoms with van der Waals surface area (Å²) < 4.78 is 0. The van der Waals surface area contributed by atoms with Crippen LogP contribution in [-0.2, 0) is 4.79 Å². The van der Waals surface area contributed by atoms with E-state index in [2.05, 4.69) is 63.1 Å². The topological polar surface area (TPSA) is 58.4 Å². The number of aryl methyl sites for hydroxylation is 1. The van der Waals surface area contributed by atoms with Crippen LogP contribution in [0.2, 0.25) is 0 Å². The summed E-state index contributed by atoms with van der Waals surface area (Å²) in [6, 6.07) is 6.35. The van der Waals surface area contributed by atoms with Crippen LogP contribution in [-0.4, -0.2) is 17.5 Å². The summed E-state index contributed by atoms with van der Waals surface area (Å²) in [6.07, 6.45) is 3.94. The van der Waals surface area contributed by atoms with Crippen LogP contribution in [0.1, 0.15) is 70.4 Å². The maximum Gasteiger partial charge on any atom is 0.256 e. The largest absolute Gasteiger partial charge is 0.354 e. The number of rotatable bonds is 5. The van der Waals surface area contributed by atoms with Gasteiger partial charge in [-0.1, -0.05) is 44.4 Å². The van der Waals surface area contributed by atoms with Crippen LogP contribution in [0.3, 0.4) is 0 Å². The second-order valence-electron chi connectivity index (χ2n) is 7.52. The molecule has 0 aromatic heterocycles. The Morgan fingerprint density at radius 1 is 1.48 bits per heavy atom. The Labute approximate surface area is 140 Å². The summed E-state index contributed by atoms with van der Waals surface area (Å²) in [4.78, 5) is 14.8. The molecule has 0 fully saturated rings. The van der Waals surface area contributed by atoms with Crippen LogP contribution in [0.15, 0.2) is 18.2 Å². The van der Waals surface area contributed by atoms with E-state index in [0.717, 1.165) is 25.7 Å². The van der Waals surface area contributed by atoms with Crippen molar-refractivity contribution in [2.75, 3.05) is 4.90 Å². The first-order valence-corrected chi connectivity index (χ1v) is 8.72. The maximum absolute atomic E-state index is 12.5. The highest BCUT2D eigenvalue weighted by atomic mass is 16.2. The van der Waals surface area contributed by atoms with E-state index in [4.69, 9.17) is 5.84 Å². The van der Waals surface area contributed by atoms with Crippen molar-refractivity contribution in [2.24, 2.45) is 5.84 Å². The number of hydrogen-bond donors (Lipinski definition) is 2. The molecule has 0 aliphatic carbocycles. The molecule has 1 heterocycles. The zero-order valence-corrected chi connectivity index (χ0v) is 15.1. The Bertz CT molecular complexity index is 568. The summed E-state index contributed by atoms with van der Waals surface area (Å²) in [5, 5.41) is 0. The van der Waals surface area contributed by atoms with E-state index in [0.29, 0.717) is 5.92 Å². The Morgan fingerprint density at radius 2 is 2.17 bits per heavy atom. The van der Waals surface area contributed by atoms with E-state index >= 15 is 0 Å². The minimum Gasteiger partial charge on any atom is -0.354 e. The minimum atomic E-state index is -0.219. The van der Waals surface area contributed by atoms with Crippen molar-refractivity contribution in [3.63, 3.8) is 0 Å². The van der Waals surface area contributed by atoms with Gasteiger partial charge in [0.1, 0.15) is 6.04 Å². The Kier molecular flexibility index (Phi) is 5.35. The molecule has 1 aromatic carbocycles. The number of unbranched alkanes of at least 4 members (excludes halogenated alkanes) is 1. The zero-order chi connectivity index (χ0) is 17.2. The number of fused-ring (bicyclic) bond motifs is 1. The number of nitrogens with zero attached hydrogens (tertiary/aromatic N) is 1. The number of anilines is 1. The molecule has 1 aliphatic heterocycles. The highest BCUT2D eigenvalue weighted by Gasteiger charge is 2.41. The average molecular weight is 317 g/mol. The Morgan fingerprint density at radius 3 is 2.78 bits per heavy atom. The molecule has 2 unspecified atom stereocenters. The fraction of sp³-hybridized carbons (Fsp3) is 0.632. The summed E-state index contributed by atoms with van der Waals surface area (Å²) in [6.45, 7) is 11.0. The van der Waals surface area contributed by atoms with Crippen molar-refractivity contribution in [3.8, 4) is 0 Å². The quantitative estimate of drug-likeness (QED) is 0.495. The van der Waals surface area contributed by atoms with E-state index in [1.54, 1.807) is 0 Å². The molecular formula is C19H31N3O. The third-order valence-corrected chi connectivity index (χ3v) is 5.02. The second-order valence-corrected chi connectivity index (χ2v) is 7.52. The van der Waals surface area contributed by atoms with E-state index in [1.807, 2.05) is 0 Å². The molecule has 1 aliphatic rings. The third-order valence-electron chi connectivity index (χ3n) is 5.02. The fourth-order valence-corrected chi connectivity index (χ4v) is 4.03. The molecule has 4 heteroatoms. The molecule has 0 spiro atoms. The Balaban J connectivity index is 2.52. The van der Waals surface area contributed by atoms with Crippen molar-refractivity contribution < 1.29 is 4.79 Å². The number of carbonyl (C=O) groups excluding carboxylic acids is 1. The van der Waals surface area contributed by atoms with Crippen LogP contribution >= 0.6 is 0 Å². The molecule has 1 amide bonds. The fourth-order valence-electron chi connectivity index (χ4n) is 4.03. The number of benzene rings is 1. The lowest BCUT2D eigenvalue weighted by molar-refractivity contribution is -0.123. The second kappa shape index (κ2) is 6.91. The predicted octanol–water partition coefficient (Wildman–Crippen LogP) is 3.64. The molecule has 3 N–H and O–H groups in total. The zero-order valence-electron chi connectivity index (χ0n) is 15.1. The highest BCUT2D eigenvalue weighted by Crippen LogP contribution is 2.45. The summed E-state index contributed by atoms with van der Waals surface area (Å²) >= 11 is 0. The molecule has 0 saturated carbocycles.